The Morgan fingerprint density at radius 3 is 2.88 bits per heavy atom. The maximum atomic E-state index is 11.7. The second-order valence-corrected chi connectivity index (χ2v) is 4.76. The molecule has 5 heteroatoms. The lowest BCUT2D eigenvalue weighted by Gasteiger charge is -2.32. The molecule has 0 saturated carbocycles. The maximum absolute atomic E-state index is 11.7. The molecule has 1 heterocycles. The molecule has 1 aliphatic rings. The number of morpholine rings is 1. The van der Waals surface area contributed by atoms with Crippen molar-refractivity contribution in [2.24, 2.45) is 0 Å². The summed E-state index contributed by atoms with van der Waals surface area (Å²) in [7, 11) is 0. The number of carbonyl (C=O) groups is 1. The highest BCUT2D eigenvalue weighted by Crippen LogP contribution is 2.13. The molecule has 0 unspecified atom stereocenters. The quantitative estimate of drug-likeness (QED) is 0.637. The molecule has 1 saturated heterocycles. The molecule has 0 aromatic rings. The zero-order chi connectivity index (χ0) is 12.2. The van der Waals surface area contributed by atoms with Crippen LogP contribution in [0.2, 0.25) is 0 Å². The number of ether oxygens (including phenoxy) is 2. The van der Waals surface area contributed by atoms with Crippen LogP contribution in [-0.2, 0) is 9.47 Å². The van der Waals surface area contributed by atoms with Gasteiger partial charge in [0.05, 0.1) is 13.2 Å². The summed E-state index contributed by atoms with van der Waals surface area (Å²) in [6.45, 7) is 14.0. The summed E-state index contributed by atoms with van der Waals surface area (Å²) >= 11 is 0. The predicted molar refractivity (Wildman–Crippen MR) is 59.0 cm³/mol. The van der Waals surface area contributed by atoms with E-state index in [0.29, 0.717) is 26.2 Å². The van der Waals surface area contributed by atoms with Gasteiger partial charge in [-0.3, -0.25) is 0 Å². The van der Waals surface area contributed by atoms with Gasteiger partial charge < -0.3 is 19.2 Å². The van der Waals surface area contributed by atoms with Crippen molar-refractivity contribution in [1.29, 1.82) is 0 Å². The first-order chi connectivity index (χ1) is 7.42. The third kappa shape index (κ3) is 4.07. The first-order valence-electron chi connectivity index (χ1n) is 5.35. The van der Waals surface area contributed by atoms with E-state index in [0.717, 1.165) is 0 Å². The summed E-state index contributed by atoms with van der Waals surface area (Å²) in [6.07, 6.45) is -0.510. The topological polar surface area (TPSA) is 43.1 Å². The van der Waals surface area contributed by atoms with E-state index >= 15 is 0 Å². The fourth-order valence-corrected chi connectivity index (χ4v) is 1.42. The average Bonchev–Trinajstić information content (AvgIpc) is 2.16. The summed E-state index contributed by atoms with van der Waals surface area (Å²) in [4.78, 5) is 16.6. The van der Waals surface area contributed by atoms with E-state index in [-0.39, 0.29) is 12.2 Å². The van der Waals surface area contributed by atoms with Gasteiger partial charge in [0.1, 0.15) is 11.7 Å². The third-order valence-electron chi connectivity index (χ3n) is 2.09. The zero-order valence-electron chi connectivity index (χ0n) is 10.0. The van der Waals surface area contributed by atoms with E-state index in [9.17, 15) is 4.79 Å². The molecule has 1 atom stereocenters. The Hall–Kier alpha value is -1.28. The molecule has 0 spiro atoms. The van der Waals surface area contributed by atoms with Crippen LogP contribution in [0.1, 0.15) is 20.8 Å². The smallest absolute Gasteiger partial charge is 0.410 e. The second-order valence-electron chi connectivity index (χ2n) is 4.76. The van der Waals surface area contributed by atoms with E-state index in [2.05, 4.69) is 4.85 Å². The van der Waals surface area contributed by atoms with E-state index in [1.54, 1.807) is 4.90 Å². The molecular weight excluding hydrogens is 208 g/mol. The van der Waals surface area contributed by atoms with Crippen molar-refractivity contribution < 1.29 is 14.3 Å². The van der Waals surface area contributed by atoms with Gasteiger partial charge in [0.15, 0.2) is 0 Å². The third-order valence-corrected chi connectivity index (χ3v) is 2.09. The summed E-state index contributed by atoms with van der Waals surface area (Å²) in [5, 5.41) is 0. The van der Waals surface area contributed by atoms with Crippen molar-refractivity contribution >= 4 is 6.09 Å². The number of rotatable bonds is 1. The summed E-state index contributed by atoms with van der Waals surface area (Å²) in [6, 6.07) is 0. The van der Waals surface area contributed by atoms with Crippen LogP contribution in [0.15, 0.2) is 0 Å². The lowest BCUT2D eigenvalue weighted by atomic mass is 10.2. The summed E-state index contributed by atoms with van der Waals surface area (Å²) in [5.74, 6) is 0. The van der Waals surface area contributed by atoms with Crippen LogP contribution in [-0.4, -0.2) is 48.9 Å². The number of hydrogen-bond acceptors (Lipinski definition) is 3. The Morgan fingerprint density at radius 1 is 1.62 bits per heavy atom. The van der Waals surface area contributed by atoms with E-state index < -0.39 is 5.60 Å². The van der Waals surface area contributed by atoms with Crippen LogP contribution < -0.4 is 0 Å². The predicted octanol–water partition coefficient (Wildman–Crippen LogP) is 1.54. The van der Waals surface area contributed by atoms with Gasteiger partial charge in [-0.2, -0.15) is 0 Å². The first-order valence-corrected chi connectivity index (χ1v) is 5.35. The normalized spacial score (nSPS) is 21.4. The molecule has 16 heavy (non-hydrogen) atoms. The van der Waals surface area contributed by atoms with Crippen molar-refractivity contribution in [1.82, 2.24) is 4.90 Å². The standard InChI is InChI=1S/C11H18N2O3/c1-11(2,3)16-10(14)13-5-6-15-9(8-13)7-12-4/h9H,5-8H2,1-3H3/t9-/m0/s1. The highest BCUT2D eigenvalue weighted by Gasteiger charge is 2.29. The molecule has 1 aliphatic heterocycles. The van der Waals surface area contributed by atoms with Crippen molar-refractivity contribution in [2.75, 3.05) is 26.2 Å². The lowest BCUT2D eigenvalue weighted by Crippen LogP contribution is -2.48. The number of carbonyl (C=O) groups excluding carboxylic acids is 1. The molecule has 0 N–H and O–H groups in total. The highest BCUT2D eigenvalue weighted by atomic mass is 16.6. The van der Waals surface area contributed by atoms with Gasteiger partial charge in [-0.25, -0.2) is 11.4 Å². The van der Waals surface area contributed by atoms with Gasteiger partial charge in [0.2, 0.25) is 6.54 Å². The molecule has 0 radical (unpaired) electrons. The summed E-state index contributed by atoms with van der Waals surface area (Å²) < 4.78 is 10.6. The van der Waals surface area contributed by atoms with Gasteiger partial charge in [0.25, 0.3) is 0 Å². The Morgan fingerprint density at radius 2 is 2.31 bits per heavy atom. The Balaban J connectivity index is 2.48. The number of hydrogen-bond donors (Lipinski definition) is 0. The van der Waals surface area contributed by atoms with E-state index in [4.69, 9.17) is 16.0 Å². The summed E-state index contributed by atoms with van der Waals surface area (Å²) in [5.41, 5.74) is -0.481. The average molecular weight is 226 g/mol. The highest BCUT2D eigenvalue weighted by molar-refractivity contribution is 5.68. The SMILES string of the molecule is [C-]#[N+]C[C@H]1CN(C(=O)OC(C)(C)C)CCO1. The molecule has 0 aromatic heterocycles. The minimum atomic E-state index is -0.481. The number of nitrogens with zero attached hydrogens (tertiary/aromatic N) is 2. The molecular formula is C11H18N2O3. The minimum absolute atomic E-state index is 0.182. The molecule has 0 aliphatic carbocycles. The molecule has 1 rings (SSSR count). The van der Waals surface area contributed by atoms with E-state index in [1.807, 2.05) is 20.8 Å². The Kier molecular flexibility index (Phi) is 4.13. The van der Waals surface area contributed by atoms with E-state index in [1.165, 1.54) is 0 Å². The Bertz CT molecular complexity index is 291. The monoisotopic (exact) mass is 226 g/mol. The molecule has 5 nitrogen and oxygen atoms in total. The van der Waals surface area contributed by atoms with Crippen molar-refractivity contribution in [2.45, 2.75) is 32.5 Å². The van der Waals surface area contributed by atoms with Crippen LogP contribution in [0.3, 0.4) is 0 Å². The van der Waals surface area contributed by atoms with Crippen LogP contribution in [0, 0.1) is 6.57 Å². The minimum Gasteiger partial charge on any atom is -0.444 e. The van der Waals surface area contributed by atoms with Crippen molar-refractivity contribution in [3.8, 4) is 0 Å². The zero-order valence-corrected chi connectivity index (χ0v) is 10.0. The van der Waals surface area contributed by atoms with Crippen molar-refractivity contribution in [3.05, 3.63) is 11.4 Å². The first kappa shape index (κ1) is 12.8. The van der Waals surface area contributed by atoms with Gasteiger partial charge >= 0.3 is 6.09 Å². The molecule has 0 bridgehead atoms. The van der Waals surface area contributed by atoms with Crippen LogP contribution >= 0.6 is 0 Å². The lowest BCUT2D eigenvalue weighted by molar-refractivity contribution is -0.0361. The largest absolute Gasteiger partial charge is 0.444 e. The molecule has 0 aromatic carbocycles. The Labute approximate surface area is 96.1 Å². The maximum Gasteiger partial charge on any atom is 0.410 e. The van der Waals surface area contributed by atoms with Gasteiger partial charge in [-0.05, 0) is 20.8 Å². The molecule has 90 valence electrons. The van der Waals surface area contributed by atoms with Crippen molar-refractivity contribution in [3.63, 3.8) is 0 Å². The van der Waals surface area contributed by atoms with Crippen LogP contribution in [0.5, 0.6) is 0 Å². The van der Waals surface area contributed by atoms with Gasteiger partial charge in [0, 0.05) is 6.54 Å². The van der Waals surface area contributed by atoms with Gasteiger partial charge in [-0.1, -0.05) is 0 Å². The fourth-order valence-electron chi connectivity index (χ4n) is 1.42. The van der Waals surface area contributed by atoms with Crippen LogP contribution in [0.4, 0.5) is 4.79 Å². The molecule has 1 fully saturated rings. The van der Waals surface area contributed by atoms with Gasteiger partial charge in [-0.15, -0.1) is 0 Å². The fraction of sp³-hybridized carbons (Fsp3) is 0.818. The van der Waals surface area contributed by atoms with Crippen LogP contribution in [0.25, 0.3) is 4.85 Å². The number of amides is 1. The second kappa shape index (κ2) is 5.17. The molecule has 1 amide bonds.